The number of thiazole rings is 1. The van der Waals surface area contributed by atoms with Crippen molar-refractivity contribution in [2.45, 2.75) is 33.2 Å². The molecule has 23 heavy (non-hydrogen) atoms. The monoisotopic (exact) mass is 454 g/mol. The fourth-order valence-electron chi connectivity index (χ4n) is 2.58. The Morgan fingerprint density at radius 3 is 2.74 bits per heavy atom. The summed E-state index contributed by atoms with van der Waals surface area (Å²) >= 11 is 1.71. The van der Waals surface area contributed by atoms with Gasteiger partial charge in [-0.25, -0.2) is 4.98 Å². The summed E-state index contributed by atoms with van der Waals surface area (Å²) in [6.45, 7) is 7.19. The summed E-state index contributed by atoms with van der Waals surface area (Å²) in [5.41, 5.74) is 1.11. The van der Waals surface area contributed by atoms with E-state index in [1.807, 2.05) is 6.92 Å². The highest BCUT2D eigenvalue weighted by Gasteiger charge is 2.34. The molecule has 132 valence electrons. The van der Waals surface area contributed by atoms with Crippen LogP contribution < -0.4 is 10.6 Å². The first-order valence-electron chi connectivity index (χ1n) is 7.64. The van der Waals surface area contributed by atoms with Crippen LogP contribution in [-0.4, -0.2) is 49.5 Å². The number of aromatic nitrogens is 1. The van der Waals surface area contributed by atoms with Crippen LogP contribution in [0.25, 0.3) is 0 Å². The third-order valence-corrected chi connectivity index (χ3v) is 5.23. The molecule has 2 heterocycles. The minimum Gasteiger partial charge on any atom is -0.396 e. The molecule has 1 saturated heterocycles. The fraction of sp³-hybridized carbons (Fsp3) is 0.733. The van der Waals surface area contributed by atoms with Gasteiger partial charge < -0.3 is 20.5 Å². The Bertz CT molecular complexity index is 496. The van der Waals surface area contributed by atoms with Gasteiger partial charge in [0.05, 0.1) is 18.8 Å². The third-order valence-electron chi connectivity index (χ3n) is 4.16. The molecule has 0 amide bonds. The van der Waals surface area contributed by atoms with Crippen molar-refractivity contribution >= 4 is 41.3 Å². The predicted molar refractivity (Wildman–Crippen MR) is 105 cm³/mol. The van der Waals surface area contributed by atoms with Crippen LogP contribution in [0.1, 0.15) is 28.4 Å². The number of aliphatic imine (C=N–C) groups is 1. The van der Waals surface area contributed by atoms with Crippen LogP contribution in [0.4, 0.5) is 0 Å². The van der Waals surface area contributed by atoms with E-state index in [9.17, 15) is 5.11 Å². The molecule has 0 radical (unpaired) electrons. The van der Waals surface area contributed by atoms with Gasteiger partial charge in [0.15, 0.2) is 5.96 Å². The van der Waals surface area contributed by atoms with Crippen LogP contribution in [0.2, 0.25) is 0 Å². The zero-order valence-corrected chi connectivity index (χ0v) is 17.2. The van der Waals surface area contributed by atoms with Crippen molar-refractivity contribution in [3.63, 3.8) is 0 Å². The van der Waals surface area contributed by atoms with Gasteiger partial charge >= 0.3 is 0 Å². The van der Waals surface area contributed by atoms with Crippen LogP contribution in [0.3, 0.4) is 0 Å². The highest BCUT2D eigenvalue weighted by molar-refractivity contribution is 14.0. The maximum atomic E-state index is 9.26. The number of ether oxygens (including phenoxy) is 1. The Balaban J connectivity index is 0.00000264. The number of halogens is 1. The van der Waals surface area contributed by atoms with Crippen molar-refractivity contribution in [3.8, 4) is 0 Å². The molecule has 0 aliphatic carbocycles. The van der Waals surface area contributed by atoms with Crippen molar-refractivity contribution in [2.75, 3.05) is 33.4 Å². The summed E-state index contributed by atoms with van der Waals surface area (Å²) in [5.74, 6) is 0.759. The topological polar surface area (TPSA) is 78.8 Å². The Morgan fingerprint density at radius 2 is 2.22 bits per heavy atom. The molecular formula is C15H27IN4O2S. The third kappa shape index (κ3) is 5.84. The normalized spacial score (nSPS) is 21.1. The Morgan fingerprint density at radius 1 is 1.43 bits per heavy atom. The molecule has 0 bridgehead atoms. The van der Waals surface area contributed by atoms with Gasteiger partial charge in [-0.05, 0) is 26.7 Å². The highest BCUT2D eigenvalue weighted by Crippen LogP contribution is 2.31. The minimum absolute atomic E-state index is 0. The number of guanidine groups is 1. The number of aliphatic hydroxyl groups excluding tert-OH is 1. The van der Waals surface area contributed by atoms with Crippen LogP contribution in [0.5, 0.6) is 0 Å². The summed E-state index contributed by atoms with van der Waals surface area (Å²) in [4.78, 5) is 10.0. The van der Waals surface area contributed by atoms with Crippen molar-refractivity contribution in [1.29, 1.82) is 0 Å². The number of aliphatic hydroxyl groups is 1. The lowest BCUT2D eigenvalue weighted by molar-refractivity contribution is 0.127. The molecule has 1 fully saturated rings. The largest absolute Gasteiger partial charge is 0.396 e. The molecule has 0 saturated carbocycles. The van der Waals surface area contributed by atoms with Gasteiger partial charge in [-0.15, -0.1) is 35.3 Å². The molecule has 1 unspecified atom stereocenters. The second-order valence-electron chi connectivity index (χ2n) is 5.80. The standard InChI is InChI=1S/C15H26N4O2S.HI/c1-11-12(2)22-13(19-11)8-17-14(16-3)18-9-15(4-6-20)5-7-21-10-15;/h20H,4-10H2,1-3H3,(H2,16,17,18);1H. The number of nitrogens with zero attached hydrogens (tertiary/aromatic N) is 2. The van der Waals surface area contributed by atoms with Gasteiger partial charge in [-0.1, -0.05) is 0 Å². The van der Waals surface area contributed by atoms with Crippen LogP contribution in [0, 0.1) is 19.3 Å². The molecule has 1 aromatic rings. The molecule has 2 rings (SSSR count). The number of nitrogens with one attached hydrogen (secondary N) is 2. The van der Waals surface area contributed by atoms with E-state index in [-0.39, 0.29) is 36.0 Å². The van der Waals surface area contributed by atoms with E-state index in [4.69, 9.17) is 4.74 Å². The van der Waals surface area contributed by atoms with E-state index >= 15 is 0 Å². The molecule has 1 aliphatic heterocycles. The van der Waals surface area contributed by atoms with Crippen molar-refractivity contribution in [3.05, 3.63) is 15.6 Å². The fourth-order valence-corrected chi connectivity index (χ4v) is 3.45. The number of hydrogen-bond donors (Lipinski definition) is 3. The van der Waals surface area contributed by atoms with Gasteiger partial charge in [-0.2, -0.15) is 0 Å². The molecule has 1 aliphatic rings. The number of aryl methyl sites for hydroxylation is 2. The van der Waals surface area contributed by atoms with Crippen LogP contribution >= 0.6 is 35.3 Å². The van der Waals surface area contributed by atoms with E-state index in [1.165, 1.54) is 4.88 Å². The molecule has 1 atom stereocenters. The molecule has 1 aromatic heterocycles. The van der Waals surface area contributed by atoms with Crippen molar-refractivity contribution in [1.82, 2.24) is 15.6 Å². The molecular weight excluding hydrogens is 427 g/mol. The van der Waals surface area contributed by atoms with E-state index in [2.05, 4.69) is 27.5 Å². The first-order chi connectivity index (χ1) is 10.6. The highest BCUT2D eigenvalue weighted by atomic mass is 127. The summed E-state index contributed by atoms with van der Waals surface area (Å²) in [6.07, 6.45) is 1.73. The van der Waals surface area contributed by atoms with E-state index in [1.54, 1.807) is 18.4 Å². The molecule has 6 nitrogen and oxygen atoms in total. The maximum absolute atomic E-state index is 9.26. The molecule has 3 N–H and O–H groups in total. The Hall–Kier alpha value is -0.450. The summed E-state index contributed by atoms with van der Waals surface area (Å²) in [6, 6.07) is 0. The Labute approximate surface area is 159 Å². The summed E-state index contributed by atoms with van der Waals surface area (Å²) in [7, 11) is 1.76. The quantitative estimate of drug-likeness (QED) is 0.347. The number of rotatable bonds is 6. The zero-order chi connectivity index (χ0) is 16.0. The second-order valence-corrected chi connectivity index (χ2v) is 7.09. The van der Waals surface area contributed by atoms with E-state index < -0.39 is 0 Å². The zero-order valence-electron chi connectivity index (χ0n) is 14.0. The van der Waals surface area contributed by atoms with Gasteiger partial charge in [0.1, 0.15) is 5.01 Å². The van der Waals surface area contributed by atoms with Crippen LogP contribution in [-0.2, 0) is 11.3 Å². The van der Waals surface area contributed by atoms with Gasteiger partial charge in [0.2, 0.25) is 0 Å². The van der Waals surface area contributed by atoms with Gasteiger partial charge in [0.25, 0.3) is 0 Å². The van der Waals surface area contributed by atoms with Crippen molar-refractivity contribution in [2.24, 2.45) is 10.4 Å². The first kappa shape index (κ1) is 20.6. The molecule has 0 aromatic carbocycles. The molecule has 0 spiro atoms. The average molecular weight is 454 g/mol. The second kappa shape index (κ2) is 9.75. The van der Waals surface area contributed by atoms with Gasteiger partial charge in [0, 0.05) is 37.1 Å². The van der Waals surface area contributed by atoms with E-state index in [0.29, 0.717) is 13.2 Å². The number of hydrogen-bond acceptors (Lipinski definition) is 5. The Kier molecular flexibility index (Phi) is 8.73. The average Bonchev–Trinajstić information content (AvgIpc) is 3.08. The van der Waals surface area contributed by atoms with E-state index in [0.717, 1.165) is 42.7 Å². The summed E-state index contributed by atoms with van der Waals surface area (Å²) in [5, 5.41) is 17.0. The summed E-state index contributed by atoms with van der Waals surface area (Å²) < 4.78 is 5.50. The lowest BCUT2D eigenvalue weighted by Crippen LogP contribution is -2.44. The minimum atomic E-state index is 0. The smallest absolute Gasteiger partial charge is 0.191 e. The SMILES string of the molecule is CN=C(NCc1nc(C)c(C)s1)NCC1(CCO)CCOC1.I. The van der Waals surface area contributed by atoms with Crippen LogP contribution in [0.15, 0.2) is 4.99 Å². The maximum Gasteiger partial charge on any atom is 0.191 e. The van der Waals surface area contributed by atoms with Crippen molar-refractivity contribution < 1.29 is 9.84 Å². The lowest BCUT2D eigenvalue weighted by atomic mass is 9.84. The van der Waals surface area contributed by atoms with Gasteiger partial charge in [-0.3, -0.25) is 4.99 Å². The first-order valence-corrected chi connectivity index (χ1v) is 8.46. The molecule has 8 heteroatoms. The predicted octanol–water partition coefficient (Wildman–Crippen LogP) is 1.83. The lowest BCUT2D eigenvalue weighted by Gasteiger charge is -2.27.